The summed E-state index contributed by atoms with van der Waals surface area (Å²) in [6.07, 6.45) is 1.56. The van der Waals surface area contributed by atoms with E-state index in [2.05, 4.69) is 26.3 Å². The number of aliphatic hydroxyl groups is 1. The second-order valence-electron chi connectivity index (χ2n) is 14.2. The van der Waals surface area contributed by atoms with Crippen molar-refractivity contribution in [1.29, 1.82) is 0 Å². The normalized spacial score (nSPS) is 14.5. The van der Waals surface area contributed by atoms with Gasteiger partial charge in [-0.1, -0.05) is 81.4 Å². The molecule has 5 atom stereocenters. The minimum Gasteiger partial charge on any atom is -0.453 e. The van der Waals surface area contributed by atoms with Gasteiger partial charge in [-0.25, -0.2) is 9.59 Å². The van der Waals surface area contributed by atoms with Gasteiger partial charge in [0.25, 0.3) is 0 Å². The van der Waals surface area contributed by atoms with Gasteiger partial charge in [0.05, 0.1) is 32.1 Å². The minimum absolute atomic E-state index is 0.0485. The van der Waals surface area contributed by atoms with Crippen LogP contribution in [0.2, 0.25) is 0 Å². The molecule has 5 N–H and O–H groups in total. The third-order valence-corrected chi connectivity index (χ3v) is 10.2. The number of nitrogens with one attached hydrogen (secondary N) is 4. The Morgan fingerprint density at radius 1 is 0.731 bits per heavy atom. The summed E-state index contributed by atoms with van der Waals surface area (Å²) in [5.41, 5.74) is 2.78. The van der Waals surface area contributed by atoms with Gasteiger partial charge in [0.2, 0.25) is 11.8 Å². The summed E-state index contributed by atoms with van der Waals surface area (Å²) in [7, 11) is 2.46. The van der Waals surface area contributed by atoms with Gasteiger partial charge >= 0.3 is 12.2 Å². The zero-order valence-corrected chi connectivity index (χ0v) is 32.1. The number of thioether (sulfide) groups is 1. The van der Waals surface area contributed by atoms with E-state index >= 15 is 0 Å². The second kappa shape index (κ2) is 19.3. The molecule has 0 radical (unpaired) electrons. The van der Waals surface area contributed by atoms with Crippen LogP contribution >= 0.6 is 11.8 Å². The van der Waals surface area contributed by atoms with E-state index in [4.69, 9.17) is 9.47 Å². The van der Waals surface area contributed by atoms with Crippen molar-refractivity contribution in [1.82, 2.24) is 26.3 Å². The van der Waals surface area contributed by atoms with Crippen LogP contribution in [0.25, 0.3) is 11.3 Å². The first-order valence-electron chi connectivity index (χ1n) is 17.1. The summed E-state index contributed by atoms with van der Waals surface area (Å²) < 4.78 is 8.89. The molecule has 3 rings (SSSR count). The van der Waals surface area contributed by atoms with Crippen molar-refractivity contribution in [2.45, 2.75) is 88.9 Å². The van der Waals surface area contributed by atoms with E-state index in [0.29, 0.717) is 6.42 Å². The van der Waals surface area contributed by atoms with Gasteiger partial charge in [0, 0.05) is 22.5 Å². The molecule has 0 fully saturated rings. The second-order valence-corrected chi connectivity index (χ2v) is 15.7. The molecule has 0 aliphatic heterocycles. The smallest absolute Gasteiger partial charge is 0.407 e. The Morgan fingerprint density at radius 2 is 1.29 bits per heavy atom. The number of ether oxygens (including phenoxy) is 2. The summed E-state index contributed by atoms with van der Waals surface area (Å²) in [5, 5.41) is 23.3. The molecule has 3 aromatic rings. The summed E-state index contributed by atoms with van der Waals surface area (Å²) in [6.45, 7) is 9.13. The fraction of sp³-hybridized carbons (Fsp3) is 0.462. The van der Waals surface area contributed by atoms with Gasteiger partial charge in [-0.2, -0.15) is 11.8 Å². The average molecular weight is 736 g/mol. The molecule has 13 heteroatoms. The van der Waals surface area contributed by atoms with Crippen LogP contribution in [0.15, 0.2) is 79.0 Å². The van der Waals surface area contributed by atoms with Crippen LogP contribution in [-0.2, 0) is 31.9 Å². The molecule has 2 aromatic carbocycles. The van der Waals surface area contributed by atoms with Crippen LogP contribution in [0.3, 0.4) is 0 Å². The van der Waals surface area contributed by atoms with Crippen LogP contribution in [-0.4, -0.2) is 89.6 Å². The molecule has 0 spiro atoms. The molecular weight excluding hydrogens is 683 g/mol. The molecular formula is C39H53N5O7S. The maximum Gasteiger partial charge on any atom is 0.407 e. The fourth-order valence-electron chi connectivity index (χ4n) is 5.68. The van der Waals surface area contributed by atoms with E-state index in [9.17, 15) is 24.3 Å². The highest BCUT2D eigenvalue weighted by Gasteiger charge is 2.39. The number of aliphatic hydroxyl groups excluding tert-OH is 1. The van der Waals surface area contributed by atoms with Gasteiger partial charge in [-0.15, -0.1) is 0 Å². The number of carbonyl (C=O) groups excluding carboxylic acids is 4. The van der Waals surface area contributed by atoms with Gasteiger partial charge in [0.15, 0.2) is 0 Å². The van der Waals surface area contributed by atoms with E-state index in [0.717, 1.165) is 22.4 Å². The lowest BCUT2D eigenvalue weighted by atomic mass is 9.85. The van der Waals surface area contributed by atoms with Crippen molar-refractivity contribution < 1.29 is 33.8 Å². The number of pyridine rings is 1. The van der Waals surface area contributed by atoms with Crippen LogP contribution in [0, 0.1) is 5.41 Å². The lowest BCUT2D eigenvalue weighted by Gasteiger charge is -2.35. The molecule has 0 aliphatic rings. The van der Waals surface area contributed by atoms with Crippen LogP contribution < -0.4 is 21.3 Å². The molecule has 4 amide bonds. The van der Waals surface area contributed by atoms with Crippen molar-refractivity contribution >= 4 is 35.8 Å². The topological polar surface area (TPSA) is 168 Å². The third kappa shape index (κ3) is 12.6. The zero-order chi connectivity index (χ0) is 38.5. The van der Waals surface area contributed by atoms with E-state index in [1.165, 1.54) is 26.0 Å². The van der Waals surface area contributed by atoms with E-state index in [1.54, 1.807) is 6.20 Å². The van der Waals surface area contributed by atoms with E-state index < -0.39 is 64.4 Å². The summed E-state index contributed by atoms with van der Waals surface area (Å²) in [6, 6.07) is 19.5. The Kier molecular flexibility index (Phi) is 15.5. The molecule has 1 aromatic heterocycles. The van der Waals surface area contributed by atoms with Crippen LogP contribution in [0.5, 0.6) is 0 Å². The van der Waals surface area contributed by atoms with Crippen molar-refractivity contribution in [2.24, 2.45) is 5.41 Å². The Labute approximate surface area is 311 Å². The lowest BCUT2D eigenvalue weighted by Crippen LogP contribution is -2.59. The average Bonchev–Trinajstić information content (AvgIpc) is 3.12. The Balaban J connectivity index is 1.97. The van der Waals surface area contributed by atoms with Gasteiger partial charge < -0.3 is 35.8 Å². The van der Waals surface area contributed by atoms with Gasteiger partial charge in [-0.3, -0.25) is 14.6 Å². The number of hydrogen-bond acceptors (Lipinski definition) is 9. The number of alkyl carbamates (subject to hydrolysis) is 2. The molecule has 0 bridgehead atoms. The first-order chi connectivity index (χ1) is 24.6. The Bertz CT molecular complexity index is 1600. The molecule has 1 unspecified atom stereocenters. The summed E-state index contributed by atoms with van der Waals surface area (Å²) in [5.74, 6) is -0.946. The fourth-order valence-corrected chi connectivity index (χ4v) is 6.08. The largest absolute Gasteiger partial charge is 0.453 e. The number of amides is 4. The van der Waals surface area contributed by atoms with Gasteiger partial charge in [-0.05, 0) is 68.0 Å². The zero-order valence-electron chi connectivity index (χ0n) is 31.3. The molecule has 282 valence electrons. The molecule has 0 saturated heterocycles. The third-order valence-electron chi connectivity index (χ3n) is 8.87. The molecule has 0 saturated carbocycles. The number of hydrogen-bond donors (Lipinski definition) is 5. The highest BCUT2D eigenvalue weighted by Crippen LogP contribution is 2.27. The Hall–Kier alpha value is -4.62. The highest BCUT2D eigenvalue weighted by molar-refractivity contribution is 8.00. The molecule has 52 heavy (non-hydrogen) atoms. The minimum atomic E-state index is -1.16. The van der Waals surface area contributed by atoms with Crippen molar-refractivity contribution in [3.05, 3.63) is 90.1 Å². The predicted molar refractivity (Wildman–Crippen MR) is 204 cm³/mol. The maximum absolute atomic E-state index is 13.9. The predicted octanol–water partition coefficient (Wildman–Crippen LogP) is 4.89. The molecule has 12 nitrogen and oxygen atoms in total. The van der Waals surface area contributed by atoms with Crippen molar-refractivity contribution in [3.63, 3.8) is 0 Å². The maximum atomic E-state index is 13.9. The highest BCUT2D eigenvalue weighted by atomic mass is 32.2. The quantitative estimate of drug-likeness (QED) is 0.138. The van der Waals surface area contributed by atoms with Crippen molar-refractivity contribution in [2.75, 3.05) is 20.5 Å². The number of aromatic nitrogens is 1. The number of methoxy groups -OCH3 is 2. The number of rotatable bonds is 16. The van der Waals surface area contributed by atoms with Crippen LogP contribution in [0.1, 0.15) is 52.2 Å². The van der Waals surface area contributed by atoms with E-state index in [-0.39, 0.29) is 12.8 Å². The number of nitrogens with zero attached hydrogens (tertiary/aromatic N) is 1. The Morgan fingerprint density at radius 3 is 1.83 bits per heavy atom. The van der Waals surface area contributed by atoms with Crippen LogP contribution in [0.4, 0.5) is 9.59 Å². The first-order valence-corrected chi connectivity index (χ1v) is 18.4. The first kappa shape index (κ1) is 41.8. The van der Waals surface area contributed by atoms with Gasteiger partial charge in [0.1, 0.15) is 12.1 Å². The van der Waals surface area contributed by atoms with E-state index in [1.807, 2.05) is 114 Å². The summed E-state index contributed by atoms with van der Waals surface area (Å²) in [4.78, 5) is 56.7. The standard InChI is InChI=1S/C39H53N5O7S/c1-38(2,3)32(43-36(48)50-6)34(46)42-30(23-26-17-19-27(20-18-26)29-16-12-13-21-40-29)31(45)24-28(22-25-14-10-9-11-15-25)41-35(47)33(39(4,5)52-8)44-37(49)51-7/h9-21,28,30-33,45H,22-24H2,1-8H3,(H,41,47)(H,42,46)(H,43,48)(H,44,49)/t28-,30-,31?,32+,33+/m0/s1. The molecule has 0 aliphatic carbocycles. The number of carbonyl (C=O) groups is 4. The van der Waals surface area contributed by atoms with Crippen molar-refractivity contribution in [3.8, 4) is 11.3 Å². The monoisotopic (exact) mass is 735 g/mol. The summed E-state index contributed by atoms with van der Waals surface area (Å²) >= 11 is 1.41. The lowest BCUT2D eigenvalue weighted by molar-refractivity contribution is -0.127. The SMILES string of the molecule is COC(=O)N[C@H](C(=O)N[C@@H](Cc1ccc(-c2ccccn2)cc1)C(O)C[C@H](Cc1ccccc1)NC(=O)[C@@H](NC(=O)OC)C(C)(C)SC)C(C)(C)C. The number of benzene rings is 2. The molecule has 1 heterocycles.